The lowest BCUT2D eigenvalue weighted by atomic mass is 9.90. The predicted molar refractivity (Wildman–Crippen MR) is 69.7 cm³/mol. The van der Waals surface area contributed by atoms with Crippen molar-refractivity contribution in [2.45, 2.75) is 26.8 Å². The standard InChI is InChI=1S/C12H17BrN2O2/c1-12(2,11(16)17)5-6-14-8-10-4-3-9(13)7-15-10/h3-4,7,14H,5-6,8H2,1-2H3,(H,16,17). The number of aromatic nitrogens is 1. The van der Waals surface area contributed by atoms with Crippen LogP contribution in [0, 0.1) is 5.41 Å². The van der Waals surface area contributed by atoms with Gasteiger partial charge in [0.2, 0.25) is 0 Å². The maximum absolute atomic E-state index is 10.9. The second kappa shape index (κ2) is 6.12. The lowest BCUT2D eigenvalue weighted by molar-refractivity contribution is -0.147. The molecule has 5 heteroatoms. The highest BCUT2D eigenvalue weighted by Crippen LogP contribution is 2.19. The maximum atomic E-state index is 10.9. The summed E-state index contributed by atoms with van der Waals surface area (Å²) in [4.78, 5) is 15.1. The molecule has 0 fully saturated rings. The van der Waals surface area contributed by atoms with Crippen LogP contribution in [-0.4, -0.2) is 22.6 Å². The van der Waals surface area contributed by atoms with Crippen molar-refractivity contribution in [3.05, 3.63) is 28.5 Å². The summed E-state index contributed by atoms with van der Waals surface area (Å²) in [7, 11) is 0. The Hall–Kier alpha value is -0.940. The van der Waals surface area contributed by atoms with Crippen LogP contribution in [0.5, 0.6) is 0 Å². The summed E-state index contributed by atoms with van der Waals surface area (Å²) in [6.45, 7) is 4.78. The summed E-state index contributed by atoms with van der Waals surface area (Å²) < 4.78 is 0.952. The molecule has 4 nitrogen and oxygen atoms in total. The van der Waals surface area contributed by atoms with Gasteiger partial charge in [0.25, 0.3) is 0 Å². The molecule has 0 aliphatic heterocycles. The Kier molecular flexibility index (Phi) is 5.08. The van der Waals surface area contributed by atoms with Crippen molar-refractivity contribution in [2.24, 2.45) is 5.41 Å². The van der Waals surface area contributed by atoms with Crippen LogP contribution < -0.4 is 5.32 Å². The number of halogens is 1. The van der Waals surface area contributed by atoms with Gasteiger partial charge >= 0.3 is 5.97 Å². The number of hydrogen-bond donors (Lipinski definition) is 2. The first kappa shape index (κ1) is 14.1. The molecule has 0 spiro atoms. The average Bonchev–Trinajstić information content (AvgIpc) is 2.26. The molecule has 0 aliphatic rings. The molecule has 0 saturated carbocycles. The van der Waals surface area contributed by atoms with Crippen molar-refractivity contribution >= 4 is 21.9 Å². The molecular weight excluding hydrogens is 284 g/mol. The third-order valence-corrected chi connectivity index (χ3v) is 3.07. The van der Waals surface area contributed by atoms with E-state index < -0.39 is 11.4 Å². The van der Waals surface area contributed by atoms with Gasteiger partial charge < -0.3 is 10.4 Å². The molecule has 0 saturated heterocycles. The molecule has 0 bridgehead atoms. The fraction of sp³-hybridized carbons (Fsp3) is 0.500. The Labute approximate surface area is 110 Å². The van der Waals surface area contributed by atoms with E-state index in [0.717, 1.165) is 10.2 Å². The Balaban J connectivity index is 2.29. The van der Waals surface area contributed by atoms with Gasteiger partial charge in [0, 0.05) is 17.2 Å². The average molecular weight is 301 g/mol. The van der Waals surface area contributed by atoms with E-state index in [0.29, 0.717) is 19.5 Å². The zero-order valence-electron chi connectivity index (χ0n) is 10.0. The normalized spacial score (nSPS) is 11.5. The highest BCUT2D eigenvalue weighted by molar-refractivity contribution is 9.10. The topological polar surface area (TPSA) is 62.2 Å². The predicted octanol–water partition coefficient (Wildman–Crippen LogP) is 2.43. The van der Waals surface area contributed by atoms with E-state index in [4.69, 9.17) is 5.11 Å². The number of carbonyl (C=O) groups is 1. The summed E-state index contributed by atoms with van der Waals surface area (Å²) in [6.07, 6.45) is 2.34. The number of nitrogens with one attached hydrogen (secondary N) is 1. The number of pyridine rings is 1. The molecule has 17 heavy (non-hydrogen) atoms. The Morgan fingerprint density at radius 3 is 2.76 bits per heavy atom. The van der Waals surface area contributed by atoms with Crippen LogP contribution in [0.15, 0.2) is 22.8 Å². The minimum Gasteiger partial charge on any atom is -0.481 e. The minimum atomic E-state index is -0.763. The molecule has 2 N–H and O–H groups in total. The van der Waals surface area contributed by atoms with Crippen LogP contribution in [0.2, 0.25) is 0 Å². The van der Waals surface area contributed by atoms with E-state index in [1.165, 1.54) is 0 Å². The Morgan fingerprint density at radius 2 is 2.24 bits per heavy atom. The molecule has 0 amide bonds. The van der Waals surface area contributed by atoms with Crippen molar-refractivity contribution in [3.63, 3.8) is 0 Å². The monoisotopic (exact) mass is 300 g/mol. The number of nitrogens with zero attached hydrogens (tertiary/aromatic N) is 1. The van der Waals surface area contributed by atoms with Crippen molar-refractivity contribution in [1.82, 2.24) is 10.3 Å². The van der Waals surface area contributed by atoms with E-state index in [9.17, 15) is 4.79 Å². The molecule has 0 radical (unpaired) electrons. The van der Waals surface area contributed by atoms with Gasteiger partial charge in [0.05, 0.1) is 11.1 Å². The van der Waals surface area contributed by atoms with Crippen LogP contribution in [-0.2, 0) is 11.3 Å². The van der Waals surface area contributed by atoms with Crippen LogP contribution >= 0.6 is 15.9 Å². The second-order valence-corrected chi connectivity index (χ2v) is 5.50. The first-order valence-electron chi connectivity index (χ1n) is 5.46. The molecule has 1 aromatic rings. The largest absolute Gasteiger partial charge is 0.481 e. The third kappa shape index (κ3) is 4.83. The molecule has 94 valence electrons. The van der Waals surface area contributed by atoms with Crippen molar-refractivity contribution in [3.8, 4) is 0 Å². The SMILES string of the molecule is CC(C)(CCNCc1ccc(Br)cn1)C(=O)O. The quantitative estimate of drug-likeness (QED) is 0.792. The fourth-order valence-electron chi connectivity index (χ4n) is 1.24. The molecule has 0 aliphatic carbocycles. The van der Waals surface area contributed by atoms with Crippen LogP contribution in [0.1, 0.15) is 26.0 Å². The Bertz CT molecular complexity index is 377. The lowest BCUT2D eigenvalue weighted by Gasteiger charge is -2.18. The van der Waals surface area contributed by atoms with Crippen LogP contribution in [0.4, 0.5) is 0 Å². The summed E-state index contributed by atoms with van der Waals surface area (Å²) in [6, 6.07) is 3.87. The first-order valence-corrected chi connectivity index (χ1v) is 6.26. The van der Waals surface area contributed by atoms with Crippen molar-refractivity contribution in [1.29, 1.82) is 0 Å². The van der Waals surface area contributed by atoms with Crippen LogP contribution in [0.25, 0.3) is 0 Å². The summed E-state index contributed by atoms with van der Waals surface area (Å²) in [5.74, 6) is -0.763. The summed E-state index contributed by atoms with van der Waals surface area (Å²) in [5, 5.41) is 12.1. The number of rotatable bonds is 6. The van der Waals surface area contributed by atoms with Gasteiger partial charge in [-0.2, -0.15) is 0 Å². The minimum absolute atomic E-state index is 0.596. The molecular formula is C12H17BrN2O2. The molecule has 0 aromatic carbocycles. The summed E-state index contributed by atoms with van der Waals surface area (Å²) >= 11 is 3.32. The molecule has 1 aromatic heterocycles. The zero-order valence-corrected chi connectivity index (χ0v) is 11.6. The zero-order chi connectivity index (χ0) is 12.9. The smallest absolute Gasteiger partial charge is 0.309 e. The molecule has 1 rings (SSSR count). The van der Waals surface area contributed by atoms with Gasteiger partial charge in [-0.3, -0.25) is 9.78 Å². The van der Waals surface area contributed by atoms with Crippen molar-refractivity contribution < 1.29 is 9.90 Å². The van der Waals surface area contributed by atoms with Gasteiger partial charge in [-0.1, -0.05) is 0 Å². The Morgan fingerprint density at radius 1 is 1.53 bits per heavy atom. The molecule has 0 unspecified atom stereocenters. The first-order chi connectivity index (χ1) is 7.92. The number of aliphatic carboxylic acids is 1. The van der Waals surface area contributed by atoms with Gasteiger partial charge in [-0.15, -0.1) is 0 Å². The lowest BCUT2D eigenvalue weighted by Crippen LogP contribution is -2.28. The number of hydrogen-bond acceptors (Lipinski definition) is 3. The number of carboxylic acids is 1. The summed E-state index contributed by atoms with van der Waals surface area (Å²) in [5.41, 5.74) is 0.265. The van der Waals surface area contributed by atoms with E-state index >= 15 is 0 Å². The van der Waals surface area contributed by atoms with E-state index in [-0.39, 0.29) is 0 Å². The second-order valence-electron chi connectivity index (χ2n) is 4.58. The fourth-order valence-corrected chi connectivity index (χ4v) is 1.47. The van der Waals surface area contributed by atoms with E-state index in [1.54, 1.807) is 20.0 Å². The van der Waals surface area contributed by atoms with Crippen LogP contribution in [0.3, 0.4) is 0 Å². The van der Waals surface area contributed by atoms with Gasteiger partial charge in [0.15, 0.2) is 0 Å². The van der Waals surface area contributed by atoms with Gasteiger partial charge in [-0.25, -0.2) is 0 Å². The maximum Gasteiger partial charge on any atom is 0.309 e. The number of carboxylic acid groups (broad SMARTS) is 1. The molecule has 0 atom stereocenters. The third-order valence-electron chi connectivity index (χ3n) is 2.60. The molecule has 1 heterocycles. The van der Waals surface area contributed by atoms with Gasteiger partial charge in [-0.05, 0) is 54.9 Å². The van der Waals surface area contributed by atoms with E-state index in [1.807, 2.05) is 12.1 Å². The highest BCUT2D eigenvalue weighted by atomic mass is 79.9. The highest BCUT2D eigenvalue weighted by Gasteiger charge is 2.25. The van der Waals surface area contributed by atoms with E-state index in [2.05, 4.69) is 26.2 Å². The van der Waals surface area contributed by atoms with Gasteiger partial charge in [0.1, 0.15) is 0 Å². The van der Waals surface area contributed by atoms with Crippen molar-refractivity contribution in [2.75, 3.05) is 6.54 Å².